The molecule has 6 heteroatoms. The molecule has 1 aromatic rings. The van der Waals surface area contributed by atoms with Crippen molar-refractivity contribution in [3.63, 3.8) is 0 Å². The van der Waals surface area contributed by atoms with E-state index in [2.05, 4.69) is 5.32 Å². The summed E-state index contributed by atoms with van der Waals surface area (Å²) in [5, 5.41) is 19.5. The molecule has 1 rings (SSSR count). The van der Waals surface area contributed by atoms with Crippen molar-refractivity contribution >= 4 is 39.2 Å². The summed E-state index contributed by atoms with van der Waals surface area (Å²) < 4.78 is 0. The molecule has 15 heavy (non-hydrogen) atoms. The molecule has 0 saturated heterocycles. The fourth-order valence-electron chi connectivity index (χ4n) is 0.905. The van der Waals surface area contributed by atoms with Crippen LogP contribution in [0.25, 0.3) is 0 Å². The molecule has 0 aromatic heterocycles. The first kappa shape index (κ1) is 13.9. The molecule has 0 bridgehead atoms. The zero-order valence-corrected chi connectivity index (χ0v) is 13.4. The molecule has 1 amide bonds. The Morgan fingerprint density at radius 2 is 2.00 bits per heavy atom. The number of carboxylic acid groups (broad SMARTS) is 1. The van der Waals surface area contributed by atoms with E-state index in [1.54, 1.807) is 0 Å². The van der Waals surface area contributed by atoms with Crippen molar-refractivity contribution in [2.45, 2.75) is 0 Å². The predicted octanol–water partition coefficient (Wildman–Crippen LogP) is -0.710. The number of benzene rings is 1. The fraction of sp³-hybridized carbons (Fsp3) is 0.111. The fourth-order valence-corrected chi connectivity index (χ4v) is 0.905. The molecule has 0 aliphatic rings. The number of carbonyl (C=O) groups excluding carboxylic acids is 1. The normalized spacial score (nSPS) is 8.80. The van der Waals surface area contributed by atoms with Gasteiger partial charge in [-0.25, -0.2) is 0 Å². The molecule has 0 unspecified atom stereocenters. The van der Waals surface area contributed by atoms with Gasteiger partial charge in [0.05, 0.1) is 0 Å². The number of carboxylic acids is 1. The molecule has 0 heterocycles. The van der Waals surface area contributed by atoms with E-state index in [1.165, 1.54) is 24.3 Å². The second-order valence-corrected chi connectivity index (χ2v) is 2.63. The number of aliphatic carboxylic acids is 1. The van der Waals surface area contributed by atoms with E-state index in [-0.39, 0.29) is 38.6 Å². The molecular formula is C9H11NO4Pb. The molecule has 0 aliphatic heterocycles. The number of rotatable bonds is 3. The third-order valence-electron chi connectivity index (χ3n) is 1.51. The Bertz CT molecular complexity index is 367. The summed E-state index contributed by atoms with van der Waals surface area (Å²) in [4.78, 5) is 21.4. The van der Waals surface area contributed by atoms with Gasteiger partial charge in [-0.05, 0) is 18.2 Å². The van der Waals surface area contributed by atoms with Gasteiger partial charge in [-0.2, -0.15) is 0 Å². The summed E-state index contributed by atoms with van der Waals surface area (Å²) in [6.07, 6.45) is 0. The standard InChI is InChI=1S/C9H9NO4.Pb.2H/c11-7-3-1-2-6(4-7)9(14)10-5-8(12)13;;;/h1-4,11H,5H2,(H,10,14)(H,12,13);;;. The van der Waals surface area contributed by atoms with E-state index in [9.17, 15) is 9.59 Å². The minimum atomic E-state index is -1.11. The van der Waals surface area contributed by atoms with Gasteiger partial charge in [0.2, 0.25) is 0 Å². The van der Waals surface area contributed by atoms with E-state index >= 15 is 0 Å². The molecule has 3 N–H and O–H groups in total. The van der Waals surface area contributed by atoms with Gasteiger partial charge in [0.1, 0.15) is 12.3 Å². The zero-order chi connectivity index (χ0) is 10.6. The Kier molecular flexibility index (Phi) is 5.91. The van der Waals surface area contributed by atoms with Crippen LogP contribution in [-0.4, -0.2) is 55.9 Å². The summed E-state index contributed by atoms with van der Waals surface area (Å²) in [5.41, 5.74) is 0.228. The van der Waals surface area contributed by atoms with Gasteiger partial charge < -0.3 is 15.5 Å². The third kappa shape index (κ3) is 4.77. The summed E-state index contributed by atoms with van der Waals surface area (Å²) in [7, 11) is 0. The van der Waals surface area contributed by atoms with Gasteiger partial charge in [-0.1, -0.05) is 6.07 Å². The number of nitrogens with one attached hydrogen (secondary N) is 1. The molecule has 0 atom stereocenters. The second kappa shape index (κ2) is 6.38. The molecule has 0 spiro atoms. The predicted molar refractivity (Wildman–Crippen MR) is 56.6 cm³/mol. The minimum absolute atomic E-state index is 0. The first-order valence-corrected chi connectivity index (χ1v) is 3.88. The number of hydrogen-bond donors (Lipinski definition) is 3. The van der Waals surface area contributed by atoms with Gasteiger partial charge in [0.15, 0.2) is 0 Å². The Balaban J connectivity index is 0.00000196. The molecule has 1 aromatic carbocycles. The number of phenolic OH excluding ortho intramolecular Hbond substituents is 1. The van der Waals surface area contributed by atoms with Crippen LogP contribution in [0, 0.1) is 0 Å². The Morgan fingerprint density at radius 1 is 1.33 bits per heavy atom. The van der Waals surface area contributed by atoms with Crippen LogP contribution in [0.3, 0.4) is 0 Å². The van der Waals surface area contributed by atoms with Crippen LogP contribution >= 0.6 is 0 Å². The van der Waals surface area contributed by atoms with Gasteiger partial charge >= 0.3 is 33.3 Å². The number of amides is 1. The summed E-state index contributed by atoms with van der Waals surface area (Å²) >= 11 is 0. The van der Waals surface area contributed by atoms with E-state index in [4.69, 9.17) is 10.2 Å². The van der Waals surface area contributed by atoms with Gasteiger partial charge in [-0.15, -0.1) is 0 Å². The van der Waals surface area contributed by atoms with Crippen molar-refractivity contribution in [1.29, 1.82) is 0 Å². The monoisotopic (exact) mass is 405 g/mol. The van der Waals surface area contributed by atoms with Crippen LogP contribution in [0.2, 0.25) is 0 Å². The molecule has 0 fully saturated rings. The number of aromatic hydroxyl groups is 1. The van der Waals surface area contributed by atoms with Crippen molar-refractivity contribution in [2.75, 3.05) is 6.54 Å². The Hall–Kier alpha value is -1.12. The summed E-state index contributed by atoms with van der Waals surface area (Å²) in [5.74, 6) is -1.67. The maximum atomic E-state index is 11.2. The number of phenols is 1. The SMILES string of the molecule is O=C(O)CNC(=O)c1cccc(O)c1.[PbH2]. The topological polar surface area (TPSA) is 86.6 Å². The van der Waals surface area contributed by atoms with Crippen LogP contribution in [0.15, 0.2) is 24.3 Å². The van der Waals surface area contributed by atoms with Gasteiger partial charge in [0.25, 0.3) is 5.91 Å². The quantitative estimate of drug-likeness (QED) is 0.581. The average Bonchev–Trinajstić information content (AvgIpc) is 2.14. The van der Waals surface area contributed by atoms with Crippen molar-refractivity contribution in [3.05, 3.63) is 29.8 Å². The van der Waals surface area contributed by atoms with E-state index in [0.29, 0.717) is 0 Å². The molecule has 0 aliphatic carbocycles. The Labute approximate surface area is 106 Å². The molecule has 0 saturated carbocycles. The summed E-state index contributed by atoms with van der Waals surface area (Å²) in [6, 6.07) is 5.67. The first-order chi connectivity index (χ1) is 6.59. The molecule has 80 valence electrons. The molecule has 5 nitrogen and oxygen atoms in total. The maximum absolute atomic E-state index is 11.2. The second-order valence-electron chi connectivity index (χ2n) is 2.63. The first-order valence-electron chi connectivity index (χ1n) is 3.88. The van der Waals surface area contributed by atoms with Crippen LogP contribution < -0.4 is 5.32 Å². The zero-order valence-electron chi connectivity index (χ0n) is 7.93. The molecule has 2 radical (unpaired) electrons. The summed E-state index contributed by atoms with van der Waals surface area (Å²) in [6.45, 7) is -0.436. The van der Waals surface area contributed by atoms with E-state index in [0.717, 1.165) is 0 Å². The van der Waals surface area contributed by atoms with Crippen LogP contribution in [0.4, 0.5) is 0 Å². The number of carbonyl (C=O) groups is 2. The molecular weight excluding hydrogens is 393 g/mol. The third-order valence-corrected chi connectivity index (χ3v) is 1.51. The van der Waals surface area contributed by atoms with Gasteiger partial charge in [-0.3, -0.25) is 9.59 Å². The van der Waals surface area contributed by atoms with Crippen LogP contribution in [-0.2, 0) is 4.79 Å². The van der Waals surface area contributed by atoms with Crippen LogP contribution in [0.1, 0.15) is 10.4 Å². The number of hydrogen-bond acceptors (Lipinski definition) is 3. The van der Waals surface area contributed by atoms with E-state index < -0.39 is 18.4 Å². The van der Waals surface area contributed by atoms with Crippen LogP contribution in [0.5, 0.6) is 5.75 Å². The van der Waals surface area contributed by atoms with Crippen molar-refractivity contribution in [3.8, 4) is 5.75 Å². The van der Waals surface area contributed by atoms with Gasteiger partial charge in [0, 0.05) is 5.56 Å². The van der Waals surface area contributed by atoms with Crippen molar-refractivity contribution < 1.29 is 19.8 Å². The van der Waals surface area contributed by atoms with E-state index in [1.807, 2.05) is 0 Å². The Morgan fingerprint density at radius 3 is 2.53 bits per heavy atom. The van der Waals surface area contributed by atoms with Crippen molar-refractivity contribution in [1.82, 2.24) is 5.32 Å². The average molecular weight is 404 g/mol. The van der Waals surface area contributed by atoms with Crippen molar-refractivity contribution in [2.24, 2.45) is 0 Å².